The maximum absolute atomic E-state index is 12.1. The highest BCUT2D eigenvalue weighted by Crippen LogP contribution is 2.37. The molecule has 2 unspecified atom stereocenters. The van der Waals surface area contributed by atoms with Crippen LogP contribution in [0.4, 0.5) is 0 Å². The first-order valence-electron chi connectivity index (χ1n) is 6.54. The van der Waals surface area contributed by atoms with Crippen LogP contribution in [0.2, 0.25) is 0 Å². The van der Waals surface area contributed by atoms with Crippen LogP contribution < -0.4 is 0 Å². The number of hydrogen-bond acceptors (Lipinski definition) is 3. The van der Waals surface area contributed by atoms with Crippen LogP contribution in [-0.2, 0) is 0 Å². The maximum atomic E-state index is 12.1. The van der Waals surface area contributed by atoms with E-state index < -0.39 is 0 Å². The Labute approximate surface area is 107 Å². The molecular weight excluding hydrogens is 230 g/mol. The number of thiophene rings is 1. The summed E-state index contributed by atoms with van der Waals surface area (Å²) in [4.78, 5) is 16.6. The van der Waals surface area contributed by atoms with E-state index in [2.05, 4.69) is 11.8 Å². The fourth-order valence-corrected chi connectivity index (χ4v) is 4.12. The minimum absolute atomic E-state index is 0.308. The number of ketones is 1. The summed E-state index contributed by atoms with van der Waals surface area (Å²) in [6, 6.07) is 4.01. The second kappa shape index (κ2) is 4.54. The SMILES string of the molecule is Cc1ccc(C(=O)CN2CC3CCCC3C2)s1. The molecule has 2 heterocycles. The van der Waals surface area contributed by atoms with Crippen molar-refractivity contribution in [3.8, 4) is 0 Å². The van der Waals surface area contributed by atoms with E-state index in [1.165, 1.54) is 24.1 Å². The number of carbonyl (C=O) groups excluding carboxylic acids is 1. The Morgan fingerprint density at radius 3 is 2.65 bits per heavy atom. The summed E-state index contributed by atoms with van der Waals surface area (Å²) in [5.74, 6) is 2.07. The van der Waals surface area contributed by atoms with Crippen molar-refractivity contribution in [2.24, 2.45) is 11.8 Å². The summed E-state index contributed by atoms with van der Waals surface area (Å²) in [7, 11) is 0. The molecule has 1 aromatic rings. The zero-order valence-electron chi connectivity index (χ0n) is 10.3. The second-order valence-corrected chi connectivity index (χ2v) is 6.77. The number of rotatable bonds is 3. The molecule has 2 atom stereocenters. The summed E-state index contributed by atoms with van der Waals surface area (Å²) < 4.78 is 0. The predicted octanol–water partition coefficient (Wildman–Crippen LogP) is 2.97. The summed E-state index contributed by atoms with van der Waals surface area (Å²) in [5.41, 5.74) is 0. The monoisotopic (exact) mass is 249 g/mol. The molecule has 17 heavy (non-hydrogen) atoms. The van der Waals surface area contributed by atoms with Gasteiger partial charge in [0.25, 0.3) is 0 Å². The van der Waals surface area contributed by atoms with Gasteiger partial charge in [0, 0.05) is 18.0 Å². The van der Waals surface area contributed by atoms with Gasteiger partial charge in [0.2, 0.25) is 0 Å². The lowest BCUT2D eigenvalue weighted by Crippen LogP contribution is -2.28. The van der Waals surface area contributed by atoms with Crippen LogP contribution in [0.15, 0.2) is 12.1 Å². The van der Waals surface area contributed by atoms with Crippen molar-refractivity contribution in [2.75, 3.05) is 19.6 Å². The van der Waals surface area contributed by atoms with Gasteiger partial charge in [-0.1, -0.05) is 6.42 Å². The first kappa shape index (κ1) is 11.4. The third-order valence-corrected chi connectivity index (χ3v) is 5.23. The van der Waals surface area contributed by atoms with E-state index >= 15 is 0 Å². The molecule has 0 bridgehead atoms. The average Bonchev–Trinajstić information content (AvgIpc) is 2.92. The number of aryl methyl sites for hydroxylation is 1. The highest BCUT2D eigenvalue weighted by molar-refractivity contribution is 7.14. The van der Waals surface area contributed by atoms with Gasteiger partial charge in [-0.15, -0.1) is 11.3 Å². The second-order valence-electron chi connectivity index (χ2n) is 5.48. The minimum Gasteiger partial charge on any atom is -0.295 e. The quantitative estimate of drug-likeness (QED) is 0.768. The topological polar surface area (TPSA) is 20.3 Å². The number of nitrogens with zero attached hydrogens (tertiary/aromatic N) is 1. The van der Waals surface area contributed by atoms with Crippen molar-refractivity contribution in [1.82, 2.24) is 4.90 Å². The predicted molar refractivity (Wildman–Crippen MR) is 70.7 cm³/mol. The lowest BCUT2D eigenvalue weighted by atomic mass is 10.0. The Kier molecular flexibility index (Phi) is 3.05. The number of carbonyl (C=O) groups is 1. The molecule has 0 aromatic carbocycles. The van der Waals surface area contributed by atoms with Crippen LogP contribution in [0.1, 0.15) is 33.8 Å². The number of fused-ring (bicyclic) bond motifs is 1. The van der Waals surface area contributed by atoms with Gasteiger partial charge in [0.15, 0.2) is 5.78 Å². The van der Waals surface area contributed by atoms with Crippen molar-refractivity contribution < 1.29 is 4.79 Å². The van der Waals surface area contributed by atoms with E-state index in [1.54, 1.807) is 11.3 Å². The van der Waals surface area contributed by atoms with Crippen LogP contribution in [0.5, 0.6) is 0 Å². The van der Waals surface area contributed by atoms with Gasteiger partial charge >= 0.3 is 0 Å². The summed E-state index contributed by atoms with van der Waals surface area (Å²) in [5, 5.41) is 0. The summed E-state index contributed by atoms with van der Waals surface area (Å²) in [6.45, 7) is 5.00. The largest absolute Gasteiger partial charge is 0.295 e. The fraction of sp³-hybridized carbons (Fsp3) is 0.643. The molecular formula is C14H19NOS. The van der Waals surface area contributed by atoms with Crippen molar-refractivity contribution in [3.63, 3.8) is 0 Å². The Balaban J connectivity index is 1.59. The molecule has 0 spiro atoms. The Hall–Kier alpha value is -0.670. The fourth-order valence-electron chi connectivity index (χ4n) is 3.33. The van der Waals surface area contributed by atoms with Gasteiger partial charge in [-0.25, -0.2) is 0 Å². The zero-order chi connectivity index (χ0) is 11.8. The molecule has 0 amide bonds. The van der Waals surface area contributed by atoms with Crippen LogP contribution in [-0.4, -0.2) is 30.3 Å². The first-order chi connectivity index (χ1) is 8.22. The normalized spacial score (nSPS) is 28.5. The summed E-state index contributed by atoms with van der Waals surface area (Å²) in [6.07, 6.45) is 4.17. The molecule has 92 valence electrons. The van der Waals surface area contributed by atoms with Gasteiger partial charge in [-0.05, 0) is 43.7 Å². The minimum atomic E-state index is 0.308. The summed E-state index contributed by atoms with van der Waals surface area (Å²) >= 11 is 1.62. The van der Waals surface area contributed by atoms with Crippen molar-refractivity contribution in [3.05, 3.63) is 21.9 Å². The zero-order valence-corrected chi connectivity index (χ0v) is 11.1. The molecule has 3 rings (SSSR count). The van der Waals surface area contributed by atoms with Gasteiger partial charge < -0.3 is 0 Å². The molecule has 2 aliphatic rings. The third kappa shape index (κ3) is 2.31. The molecule has 0 N–H and O–H groups in total. The Morgan fingerprint density at radius 1 is 1.35 bits per heavy atom. The van der Waals surface area contributed by atoms with E-state index in [9.17, 15) is 4.79 Å². The van der Waals surface area contributed by atoms with Crippen molar-refractivity contribution >= 4 is 17.1 Å². The molecule has 3 heteroatoms. The molecule has 0 radical (unpaired) electrons. The third-order valence-electron chi connectivity index (χ3n) is 4.18. The number of likely N-dealkylation sites (tertiary alicyclic amines) is 1. The van der Waals surface area contributed by atoms with Crippen LogP contribution in [0.25, 0.3) is 0 Å². The van der Waals surface area contributed by atoms with E-state index in [4.69, 9.17) is 0 Å². The number of hydrogen-bond donors (Lipinski definition) is 0. The first-order valence-corrected chi connectivity index (χ1v) is 7.36. The Morgan fingerprint density at radius 2 is 2.06 bits per heavy atom. The molecule has 2 nitrogen and oxygen atoms in total. The van der Waals surface area contributed by atoms with E-state index in [0.717, 1.165) is 29.8 Å². The molecule has 2 fully saturated rings. The van der Waals surface area contributed by atoms with Crippen LogP contribution in [0.3, 0.4) is 0 Å². The smallest absolute Gasteiger partial charge is 0.186 e. The van der Waals surface area contributed by atoms with Gasteiger partial charge in [0.1, 0.15) is 0 Å². The molecule has 1 saturated heterocycles. The van der Waals surface area contributed by atoms with Gasteiger partial charge in [-0.3, -0.25) is 9.69 Å². The highest BCUT2D eigenvalue weighted by atomic mass is 32.1. The lowest BCUT2D eigenvalue weighted by molar-refractivity contribution is 0.0945. The molecule has 1 aliphatic heterocycles. The molecule has 1 saturated carbocycles. The standard InChI is InChI=1S/C14H19NOS/c1-10-5-6-14(17-10)13(16)9-15-7-11-3-2-4-12(11)8-15/h5-6,11-12H,2-4,7-9H2,1H3. The number of Topliss-reactive ketones (excluding diaryl/α,β-unsaturated/α-hetero) is 1. The molecule has 1 aliphatic carbocycles. The van der Waals surface area contributed by atoms with E-state index in [1.807, 2.05) is 12.1 Å². The Bertz CT molecular complexity index is 414. The van der Waals surface area contributed by atoms with Crippen molar-refractivity contribution in [1.29, 1.82) is 0 Å². The van der Waals surface area contributed by atoms with Crippen LogP contribution in [0, 0.1) is 18.8 Å². The average molecular weight is 249 g/mol. The van der Waals surface area contributed by atoms with Crippen LogP contribution >= 0.6 is 11.3 Å². The van der Waals surface area contributed by atoms with E-state index in [-0.39, 0.29) is 0 Å². The van der Waals surface area contributed by atoms with Gasteiger partial charge in [-0.2, -0.15) is 0 Å². The lowest BCUT2D eigenvalue weighted by Gasteiger charge is -2.14. The molecule has 1 aromatic heterocycles. The maximum Gasteiger partial charge on any atom is 0.186 e. The highest BCUT2D eigenvalue weighted by Gasteiger charge is 2.36. The van der Waals surface area contributed by atoms with Gasteiger partial charge in [0.05, 0.1) is 11.4 Å². The van der Waals surface area contributed by atoms with E-state index in [0.29, 0.717) is 12.3 Å². The van der Waals surface area contributed by atoms with Crippen molar-refractivity contribution in [2.45, 2.75) is 26.2 Å².